The summed E-state index contributed by atoms with van der Waals surface area (Å²) in [4.78, 5) is 21.4. The zero-order valence-electron chi connectivity index (χ0n) is 17.6. The fourth-order valence-electron chi connectivity index (χ4n) is 3.75. The number of carbonyl (C=O) groups is 1. The van der Waals surface area contributed by atoms with Crippen LogP contribution in [0.5, 0.6) is 0 Å². The first kappa shape index (κ1) is 22.5. The van der Waals surface area contributed by atoms with Crippen LogP contribution in [0.1, 0.15) is 5.56 Å². The highest BCUT2D eigenvalue weighted by Gasteiger charge is 2.20. The third kappa shape index (κ3) is 5.02. The van der Waals surface area contributed by atoms with Gasteiger partial charge in [0.2, 0.25) is 15.9 Å². The molecular weight excluding hydrogens is 450 g/mol. The van der Waals surface area contributed by atoms with E-state index in [1.165, 1.54) is 6.07 Å². The molecule has 168 valence electrons. The van der Waals surface area contributed by atoms with Crippen LogP contribution in [0.3, 0.4) is 0 Å². The molecule has 10 heteroatoms. The van der Waals surface area contributed by atoms with Crippen LogP contribution in [-0.2, 0) is 21.2 Å². The minimum Gasteiger partial charge on any atom is -0.354 e. The maximum absolute atomic E-state index is 12.5. The second-order valence-corrected chi connectivity index (χ2v) is 9.83. The van der Waals surface area contributed by atoms with Crippen LogP contribution >= 0.6 is 11.6 Å². The normalized spacial score (nSPS) is 15.2. The summed E-state index contributed by atoms with van der Waals surface area (Å²) in [5.41, 5.74) is 1.00. The molecule has 0 radical (unpaired) electrons. The molecular formula is C22H24ClN5O3S. The lowest BCUT2D eigenvalue weighted by atomic mass is 10.1. The van der Waals surface area contributed by atoms with Crippen molar-refractivity contribution in [3.05, 3.63) is 59.2 Å². The number of sulfonamides is 1. The van der Waals surface area contributed by atoms with Crippen molar-refractivity contribution >= 4 is 49.8 Å². The fraction of sp³-hybridized carbons (Fsp3) is 0.273. The maximum atomic E-state index is 12.5. The van der Waals surface area contributed by atoms with Crippen molar-refractivity contribution in [2.45, 2.75) is 11.3 Å². The van der Waals surface area contributed by atoms with Gasteiger partial charge in [-0.1, -0.05) is 29.8 Å². The van der Waals surface area contributed by atoms with Crippen LogP contribution < -0.4 is 15.4 Å². The van der Waals surface area contributed by atoms with Crippen molar-refractivity contribution in [3.63, 3.8) is 0 Å². The molecule has 3 N–H and O–H groups in total. The van der Waals surface area contributed by atoms with Crippen LogP contribution in [0.15, 0.2) is 53.6 Å². The molecule has 1 amide bonds. The predicted octanol–water partition coefficient (Wildman–Crippen LogP) is 2.47. The van der Waals surface area contributed by atoms with E-state index in [1.54, 1.807) is 42.6 Å². The van der Waals surface area contributed by atoms with Crippen molar-refractivity contribution in [1.82, 2.24) is 9.88 Å². The van der Waals surface area contributed by atoms with Gasteiger partial charge < -0.3 is 15.1 Å². The van der Waals surface area contributed by atoms with Gasteiger partial charge in [0.05, 0.1) is 11.3 Å². The molecule has 2 heterocycles. The third-order valence-electron chi connectivity index (χ3n) is 5.51. The largest absolute Gasteiger partial charge is 0.354 e. The van der Waals surface area contributed by atoms with Crippen molar-refractivity contribution in [3.8, 4) is 0 Å². The standard InChI is InChI=1S/C22H24ClN5O3S/c1-27-6-8-28(9-7-27)21-13-18-16(14-25-21)10-17(12-20(18)32(24,30)31)26-22(29)11-15-4-2-3-5-19(15)23/h2-5,10,12-14H,6-9,11H2,1H3,(H,26,29)(H2,24,30,31). The maximum Gasteiger partial charge on any atom is 0.238 e. The summed E-state index contributed by atoms with van der Waals surface area (Å²) < 4.78 is 24.7. The number of hydrogen-bond acceptors (Lipinski definition) is 6. The summed E-state index contributed by atoms with van der Waals surface area (Å²) in [6.07, 6.45) is 1.67. The average molecular weight is 474 g/mol. The van der Waals surface area contributed by atoms with Gasteiger partial charge in [0.15, 0.2) is 0 Å². The molecule has 4 rings (SSSR count). The van der Waals surface area contributed by atoms with E-state index < -0.39 is 10.0 Å². The van der Waals surface area contributed by atoms with Gasteiger partial charge in [-0.15, -0.1) is 0 Å². The molecule has 0 bridgehead atoms. The SMILES string of the molecule is CN1CCN(c2cc3c(S(N)(=O)=O)cc(NC(=O)Cc4ccccc4Cl)cc3cn2)CC1. The lowest BCUT2D eigenvalue weighted by Crippen LogP contribution is -2.44. The van der Waals surface area contributed by atoms with Gasteiger partial charge in [0.1, 0.15) is 5.82 Å². The number of nitrogens with one attached hydrogen (secondary N) is 1. The first-order valence-electron chi connectivity index (χ1n) is 10.1. The Kier molecular flexibility index (Phi) is 6.34. The second kappa shape index (κ2) is 9.03. The lowest BCUT2D eigenvalue weighted by molar-refractivity contribution is -0.115. The Balaban J connectivity index is 1.65. The summed E-state index contributed by atoms with van der Waals surface area (Å²) in [7, 11) is -1.98. The number of carbonyl (C=O) groups excluding carboxylic acids is 1. The summed E-state index contributed by atoms with van der Waals surface area (Å²) >= 11 is 6.13. The molecule has 3 aromatic rings. The smallest absolute Gasteiger partial charge is 0.238 e. The molecule has 32 heavy (non-hydrogen) atoms. The molecule has 0 unspecified atom stereocenters. The topological polar surface area (TPSA) is 109 Å². The molecule has 1 aliphatic heterocycles. The van der Waals surface area contributed by atoms with E-state index in [1.807, 2.05) is 0 Å². The summed E-state index contributed by atoms with van der Waals surface area (Å²) in [5, 5.41) is 9.79. The van der Waals surface area contributed by atoms with Crippen LogP contribution in [0.4, 0.5) is 11.5 Å². The van der Waals surface area contributed by atoms with Gasteiger partial charge in [0.25, 0.3) is 0 Å². The van der Waals surface area contributed by atoms with E-state index in [0.717, 1.165) is 26.2 Å². The van der Waals surface area contributed by atoms with E-state index >= 15 is 0 Å². The monoisotopic (exact) mass is 473 g/mol. The fourth-order valence-corrected chi connectivity index (χ4v) is 4.72. The van der Waals surface area contributed by atoms with Crippen molar-refractivity contribution in [2.75, 3.05) is 43.4 Å². The summed E-state index contributed by atoms with van der Waals surface area (Å²) in [6, 6.07) is 11.9. The zero-order chi connectivity index (χ0) is 22.9. The van der Waals surface area contributed by atoms with Crippen LogP contribution in [0.2, 0.25) is 5.02 Å². The van der Waals surface area contributed by atoms with Gasteiger partial charge in [-0.3, -0.25) is 4.79 Å². The minimum absolute atomic E-state index is 0.0548. The predicted molar refractivity (Wildman–Crippen MR) is 127 cm³/mol. The number of fused-ring (bicyclic) bond motifs is 1. The summed E-state index contributed by atoms with van der Waals surface area (Å²) in [6.45, 7) is 3.40. The molecule has 0 aliphatic carbocycles. The summed E-state index contributed by atoms with van der Waals surface area (Å²) in [5.74, 6) is 0.380. The molecule has 0 saturated carbocycles. The number of amides is 1. The molecule has 2 aromatic carbocycles. The molecule has 1 aliphatic rings. The Bertz CT molecular complexity index is 1270. The van der Waals surface area contributed by atoms with E-state index in [-0.39, 0.29) is 17.2 Å². The number of nitrogens with two attached hydrogens (primary N) is 1. The van der Waals surface area contributed by atoms with Crippen LogP contribution in [0, 0.1) is 0 Å². The Morgan fingerprint density at radius 3 is 2.56 bits per heavy atom. The number of rotatable bonds is 5. The number of anilines is 2. The first-order valence-corrected chi connectivity index (χ1v) is 12.1. The van der Waals surface area contributed by atoms with Gasteiger partial charge in [-0.05, 0) is 36.9 Å². The highest BCUT2D eigenvalue weighted by atomic mass is 35.5. The number of likely N-dealkylation sites (N-methyl/N-ethyl adjacent to an activating group) is 1. The number of benzene rings is 2. The molecule has 8 nitrogen and oxygen atoms in total. The van der Waals surface area contributed by atoms with Gasteiger partial charge in [-0.25, -0.2) is 18.5 Å². The molecule has 1 fully saturated rings. The highest BCUT2D eigenvalue weighted by molar-refractivity contribution is 7.89. The average Bonchev–Trinajstić information content (AvgIpc) is 2.74. The Labute approximate surface area is 192 Å². The van der Waals surface area contributed by atoms with Gasteiger partial charge >= 0.3 is 0 Å². The number of halogens is 1. The zero-order valence-corrected chi connectivity index (χ0v) is 19.2. The Hall–Kier alpha value is -2.72. The van der Waals surface area contributed by atoms with Crippen molar-refractivity contribution in [2.24, 2.45) is 5.14 Å². The van der Waals surface area contributed by atoms with E-state index in [4.69, 9.17) is 16.7 Å². The molecule has 0 atom stereocenters. The quantitative estimate of drug-likeness (QED) is 0.589. The number of nitrogens with zero attached hydrogens (tertiary/aromatic N) is 3. The lowest BCUT2D eigenvalue weighted by Gasteiger charge is -2.33. The number of piperazine rings is 1. The number of aromatic nitrogens is 1. The van der Waals surface area contributed by atoms with E-state index in [2.05, 4.69) is 27.1 Å². The Morgan fingerprint density at radius 1 is 1.16 bits per heavy atom. The van der Waals surface area contributed by atoms with Crippen LogP contribution in [0.25, 0.3) is 10.8 Å². The molecule has 1 saturated heterocycles. The minimum atomic E-state index is -4.04. The van der Waals surface area contributed by atoms with E-state index in [9.17, 15) is 13.2 Å². The Morgan fingerprint density at radius 2 is 1.88 bits per heavy atom. The highest BCUT2D eigenvalue weighted by Crippen LogP contribution is 2.30. The van der Waals surface area contributed by atoms with Gasteiger partial charge in [0, 0.05) is 53.9 Å². The first-order chi connectivity index (χ1) is 15.2. The molecule has 0 spiro atoms. The third-order valence-corrected chi connectivity index (χ3v) is 6.83. The van der Waals surface area contributed by atoms with Crippen LogP contribution in [-0.4, -0.2) is 57.4 Å². The number of hydrogen-bond donors (Lipinski definition) is 2. The molecule has 1 aromatic heterocycles. The number of primary sulfonamides is 1. The second-order valence-electron chi connectivity index (χ2n) is 7.89. The van der Waals surface area contributed by atoms with Crippen molar-refractivity contribution < 1.29 is 13.2 Å². The number of pyridine rings is 1. The van der Waals surface area contributed by atoms with Gasteiger partial charge in [-0.2, -0.15) is 0 Å². The van der Waals surface area contributed by atoms with Crippen molar-refractivity contribution in [1.29, 1.82) is 0 Å². The van der Waals surface area contributed by atoms with E-state index in [0.29, 0.717) is 32.9 Å².